The Morgan fingerprint density at radius 3 is 2.77 bits per heavy atom. The van der Waals surface area contributed by atoms with Gasteiger partial charge in [0.2, 0.25) is 0 Å². The Balaban J connectivity index is 2.31. The molecule has 0 saturated carbocycles. The van der Waals surface area contributed by atoms with Crippen LogP contribution in [0.2, 0.25) is 0 Å². The van der Waals surface area contributed by atoms with Crippen molar-refractivity contribution in [3.05, 3.63) is 17.3 Å². The number of hydrogen-bond acceptors (Lipinski definition) is 6. The molecule has 1 aromatic heterocycles. The van der Waals surface area contributed by atoms with Crippen LogP contribution >= 0.6 is 0 Å². The van der Waals surface area contributed by atoms with Crippen molar-refractivity contribution in [1.29, 1.82) is 0 Å². The molecule has 0 radical (unpaired) electrons. The third-order valence-electron chi connectivity index (χ3n) is 3.67. The number of carbonyl (C=O) groups is 1. The third kappa shape index (κ3) is 3.68. The van der Waals surface area contributed by atoms with Crippen molar-refractivity contribution in [2.45, 2.75) is 46.3 Å². The summed E-state index contributed by atoms with van der Waals surface area (Å²) in [5.41, 5.74) is 8.19. The first-order chi connectivity index (χ1) is 10.2. The molecule has 2 rings (SSSR count). The van der Waals surface area contributed by atoms with E-state index in [1.807, 2.05) is 45.6 Å². The summed E-state index contributed by atoms with van der Waals surface area (Å²) in [6.45, 7) is 11.5. The number of ether oxygens (including phenoxy) is 1. The van der Waals surface area contributed by atoms with E-state index >= 15 is 0 Å². The van der Waals surface area contributed by atoms with Crippen LogP contribution in [0.5, 0.6) is 0 Å². The van der Waals surface area contributed by atoms with Crippen LogP contribution in [-0.4, -0.2) is 42.2 Å². The molecule has 22 heavy (non-hydrogen) atoms. The molecular weight excluding hydrogens is 280 g/mol. The lowest BCUT2D eigenvalue weighted by Crippen LogP contribution is -2.57. The molecule has 1 saturated heterocycles. The van der Waals surface area contributed by atoms with Gasteiger partial charge in [0.05, 0.1) is 5.69 Å². The number of anilines is 2. The van der Waals surface area contributed by atoms with Gasteiger partial charge in [-0.25, -0.2) is 9.78 Å². The number of pyridine rings is 1. The molecule has 1 aromatic rings. The first-order valence-electron chi connectivity index (χ1n) is 7.63. The molecule has 0 amide bonds. The molecule has 1 fully saturated rings. The van der Waals surface area contributed by atoms with Gasteiger partial charge in [0, 0.05) is 25.3 Å². The Morgan fingerprint density at radius 2 is 2.14 bits per heavy atom. The summed E-state index contributed by atoms with van der Waals surface area (Å²) in [5, 5.41) is 3.24. The first-order valence-corrected chi connectivity index (χ1v) is 7.63. The zero-order valence-corrected chi connectivity index (χ0v) is 14.1. The number of hydrogen-bond donors (Lipinski definition) is 2. The number of aromatic nitrogens is 1. The van der Waals surface area contributed by atoms with Gasteiger partial charge in [0.1, 0.15) is 11.6 Å². The van der Waals surface area contributed by atoms with Crippen LogP contribution in [0.15, 0.2) is 6.07 Å². The highest BCUT2D eigenvalue weighted by molar-refractivity contribution is 5.82. The molecule has 0 spiro atoms. The van der Waals surface area contributed by atoms with Gasteiger partial charge in [0.25, 0.3) is 0 Å². The second-order valence-electron chi connectivity index (χ2n) is 6.75. The zero-order chi connectivity index (χ0) is 16.5. The van der Waals surface area contributed by atoms with Crippen LogP contribution < -0.4 is 16.0 Å². The van der Waals surface area contributed by atoms with Gasteiger partial charge in [-0.3, -0.25) is 0 Å². The van der Waals surface area contributed by atoms with Gasteiger partial charge >= 0.3 is 5.97 Å². The van der Waals surface area contributed by atoms with E-state index in [0.717, 1.165) is 17.8 Å². The van der Waals surface area contributed by atoms with Crippen LogP contribution in [0.4, 0.5) is 11.5 Å². The Morgan fingerprint density at radius 1 is 1.45 bits per heavy atom. The third-order valence-corrected chi connectivity index (χ3v) is 3.67. The second-order valence-corrected chi connectivity index (χ2v) is 6.75. The summed E-state index contributed by atoms with van der Waals surface area (Å²) in [6, 6.07) is 1.50. The number of rotatable bonds is 2. The molecule has 0 aliphatic carbocycles. The van der Waals surface area contributed by atoms with Crippen molar-refractivity contribution in [1.82, 2.24) is 10.3 Å². The van der Waals surface area contributed by atoms with E-state index in [1.54, 1.807) is 0 Å². The monoisotopic (exact) mass is 306 g/mol. The first kappa shape index (κ1) is 16.5. The molecule has 2 heterocycles. The van der Waals surface area contributed by atoms with Crippen LogP contribution in [0.1, 0.15) is 32.0 Å². The molecule has 3 N–H and O–H groups in total. The standard InChI is InChI=1S/C16H26N4O2/c1-10-8-12(17)14(19-11(10)2)20-7-6-18-9-13(20)15(21)22-16(3,4)5/h8,13,18H,6-7,9,17H2,1-5H3. The van der Waals surface area contributed by atoms with Crippen LogP contribution in [0.3, 0.4) is 0 Å². The number of nitrogen functional groups attached to an aromatic ring is 1. The van der Waals surface area contributed by atoms with E-state index in [4.69, 9.17) is 10.5 Å². The SMILES string of the molecule is Cc1cc(N)c(N2CCNCC2C(=O)OC(C)(C)C)nc1C. The van der Waals surface area contributed by atoms with Crippen molar-refractivity contribution in [2.24, 2.45) is 0 Å². The van der Waals surface area contributed by atoms with Crippen LogP contribution in [0, 0.1) is 13.8 Å². The summed E-state index contributed by atoms with van der Waals surface area (Å²) >= 11 is 0. The topological polar surface area (TPSA) is 80.5 Å². The number of nitrogens with two attached hydrogens (primary N) is 1. The fraction of sp³-hybridized carbons (Fsp3) is 0.625. The minimum atomic E-state index is -0.512. The average Bonchev–Trinajstić information content (AvgIpc) is 2.41. The van der Waals surface area contributed by atoms with E-state index in [2.05, 4.69) is 10.3 Å². The van der Waals surface area contributed by atoms with Crippen molar-refractivity contribution in [3.63, 3.8) is 0 Å². The highest BCUT2D eigenvalue weighted by atomic mass is 16.6. The molecule has 1 aliphatic rings. The summed E-state index contributed by atoms with van der Waals surface area (Å²) in [5.74, 6) is 0.416. The van der Waals surface area contributed by atoms with Crippen molar-refractivity contribution in [3.8, 4) is 0 Å². The van der Waals surface area contributed by atoms with Crippen LogP contribution in [0.25, 0.3) is 0 Å². The predicted octanol–water partition coefficient (Wildman–Crippen LogP) is 1.40. The van der Waals surface area contributed by atoms with Gasteiger partial charge in [-0.05, 0) is 46.2 Å². The quantitative estimate of drug-likeness (QED) is 0.804. The Labute approximate surface area is 132 Å². The maximum Gasteiger partial charge on any atom is 0.330 e. The number of aryl methyl sites for hydroxylation is 2. The molecule has 6 nitrogen and oxygen atoms in total. The largest absolute Gasteiger partial charge is 0.458 e. The van der Waals surface area contributed by atoms with Gasteiger partial charge in [0.15, 0.2) is 5.82 Å². The van der Waals surface area contributed by atoms with Gasteiger partial charge in [-0.1, -0.05) is 0 Å². The smallest absolute Gasteiger partial charge is 0.330 e. The highest BCUT2D eigenvalue weighted by Crippen LogP contribution is 2.26. The number of nitrogens with one attached hydrogen (secondary N) is 1. The lowest BCUT2D eigenvalue weighted by molar-refractivity contribution is -0.156. The van der Waals surface area contributed by atoms with E-state index in [0.29, 0.717) is 24.6 Å². The maximum absolute atomic E-state index is 12.5. The normalized spacial score (nSPS) is 19.1. The lowest BCUT2D eigenvalue weighted by Gasteiger charge is -2.37. The van der Waals surface area contributed by atoms with Gasteiger partial charge < -0.3 is 20.7 Å². The molecular formula is C16H26N4O2. The number of piperazine rings is 1. The minimum absolute atomic E-state index is 0.251. The number of nitrogens with zero attached hydrogens (tertiary/aromatic N) is 2. The lowest BCUT2D eigenvalue weighted by atomic mass is 10.1. The highest BCUT2D eigenvalue weighted by Gasteiger charge is 2.34. The zero-order valence-electron chi connectivity index (χ0n) is 14.1. The Bertz CT molecular complexity index is 566. The van der Waals surface area contributed by atoms with Crippen LogP contribution in [-0.2, 0) is 9.53 Å². The number of esters is 1. The van der Waals surface area contributed by atoms with Crippen molar-refractivity contribution < 1.29 is 9.53 Å². The molecule has 1 atom stereocenters. The molecule has 1 aliphatic heterocycles. The maximum atomic E-state index is 12.5. The van der Waals surface area contributed by atoms with E-state index in [-0.39, 0.29) is 5.97 Å². The molecule has 0 bridgehead atoms. The second kappa shape index (κ2) is 6.12. The molecule has 0 aromatic carbocycles. The van der Waals surface area contributed by atoms with Crippen molar-refractivity contribution in [2.75, 3.05) is 30.3 Å². The van der Waals surface area contributed by atoms with E-state index < -0.39 is 11.6 Å². The molecule has 1 unspecified atom stereocenters. The molecule has 6 heteroatoms. The summed E-state index contributed by atoms with van der Waals surface area (Å²) in [6.07, 6.45) is 0. The fourth-order valence-corrected chi connectivity index (χ4v) is 2.48. The minimum Gasteiger partial charge on any atom is -0.458 e. The number of carbonyl (C=O) groups excluding carboxylic acids is 1. The predicted molar refractivity (Wildman–Crippen MR) is 88.0 cm³/mol. The fourth-order valence-electron chi connectivity index (χ4n) is 2.48. The van der Waals surface area contributed by atoms with Crippen molar-refractivity contribution >= 4 is 17.5 Å². The Kier molecular flexibility index (Phi) is 4.60. The van der Waals surface area contributed by atoms with Gasteiger partial charge in [-0.2, -0.15) is 0 Å². The van der Waals surface area contributed by atoms with Gasteiger partial charge in [-0.15, -0.1) is 0 Å². The average molecular weight is 306 g/mol. The van der Waals surface area contributed by atoms with E-state index in [9.17, 15) is 4.79 Å². The molecule has 122 valence electrons. The Hall–Kier alpha value is -1.82. The summed E-state index contributed by atoms with van der Waals surface area (Å²) in [7, 11) is 0. The summed E-state index contributed by atoms with van der Waals surface area (Å²) in [4.78, 5) is 19.0. The van der Waals surface area contributed by atoms with E-state index in [1.165, 1.54) is 0 Å². The summed E-state index contributed by atoms with van der Waals surface area (Å²) < 4.78 is 5.53.